The van der Waals surface area contributed by atoms with Crippen LogP contribution in [0.1, 0.15) is 11.5 Å². The van der Waals surface area contributed by atoms with Gasteiger partial charge in [-0.3, -0.25) is 0 Å². The molecule has 142 valence electrons. The predicted molar refractivity (Wildman–Crippen MR) is 91.7 cm³/mol. The van der Waals surface area contributed by atoms with E-state index < -0.39 is 10.0 Å². The third-order valence-corrected chi connectivity index (χ3v) is 5.55. The zero-order valence-corrected chi connectivity index (χ0v) is 15.5. The van der Waals surface area contributed by atoms with Crippen LogP contribution in [0.3, 0.4) is 0 Å². The van der Waals surface area contributed by atoms with E-state index in [-0.39, 0.29) is 23.8 Å². The molecule has 0 amide bonds. The Labute approximate surface area is 151 Å². The minimum absolute atomic E-state index is 0.0640. The normalized spacial score (nSPS) is 15.2. The molecule has 3 rings (SSSR count). The van der Waals surface area contributed by atoms with E-state index in [1.807, 2.05) is 0 Å². The van der Waals surface area contributed by atoms with Crippen molar-refractivity contribution in [2.75, 3.05) is 44.4 Å². The summed E-state index contributed by atoms with van der Waals surface area (Å²) in [6.07, 6.45) is 1.42. The molecule has 1 fully saturated rings. The number of nitrogens with one attached hydrogen (secondary N) is 1. The number of aromatic nitrogens is 3. The van der Waals surface area contributed by atoms with Gasteiger partial charge in [-0.2, -0.15) is 0 Å². The van der Waals surface area contributed by atoms with Crippen LogP contribution < -0.4 is 14.4 Å². The average molecular weight is 383 g/mol. The highest BCUT2D eigenvalue weighted by Crippen LogP contribution is 2.19. The van der Waals surface area contributed by atoms with E-state index in [4.69, 9.17) is 14.0 Å². The van der Waals surface area contributed by atoms with Crippen LogP contribution in [0.4, 0.5) is 5.82 Å². The van der Waals surface area contributed by atoms with Gasteiger partial charge in [-0.25, -0.2) is 23.1 Å². The Morgan fingerprint density at radius 2 is 2.04 bits per heavy atom. The lowest BCUT2D eigenvalue weighted by atomic mass is 10.4. The number of ether oxygens (including phenoxy) is 2. The van der Waals surface area contributed by atoms with Crippen molar-refractivity contribution in [3.8, 4) is 5.88 Å². The van der Waals surface area contributed by atoms with Crippen LogP contribution in [0.2, 0.25) is 0 Å². The van der Waals surface area contributed by atoms with Crippen molar-refractivity contribution in [3.63, 3.8) is 0 Å². The summed E-state index contributed by atoms with van der Waals surface area (Å²) >= 11 is 0. The van der Waals surface area contributed by atoms with Gasteiger partial charge in [0.1, 0.15) is 29.3 Å². The minimum atomic E-state index is -3.70. The highest BCUT2D eigenvalue weighted by molar-refractivity contribution is 7.89. The summed E-state index contributed by atoms with van der Waals surface area (Å²) in [6, 6.07) is 1.73. The van der Waals surface area contributed by atoms with Crippen molar-refractivity contribution >= 4 is 15.8 Å². The van der Waals surface area contributed by atoms with E-state index in [9.17, 15) is 8.42 Å². The third-order valence-electron chi connectivity index (χ3n) is 3.84. The quantitative estimate of drug-likeness (QED) is 0.672. The molecule has 0 saturated carbocycles. The van der Waals surface area contributed by atoms with E-state index in [1.54, 1.807) is 19.9 Å². The van der Waals surface area contributed by atoms with Gasteiger partial charge in [0.15, 0.2) is 5.76 Å². The first-order chi connectivity index (χ1) is 12.5. The van der Waals surface area contributed by atoms with Crippen molar-refractivity contribution in [3.05, 3.63) is 23.8 Å². The molecule has 0 atom stereocenters. The number of hydrogen-bond acceptors (Lipinski definition) is 9. The molecular formula is C15H21N5O5S. The lowest BCUT2D eigenvalue weighted by molar-refractivity contribution is 0.122. The molecule has 0 bridgehead atoms. The summed E-state index contributed by atoms with van der Waals surface area (Å²) in [5.41, 5.74) is 0.321. The second-order valence-corrected chi connectivity index (χ2v) is 7.42. The summed E-state index contributed by atoms with van der Waals surface area (Å²) in [7, 11) is -3.70. The van der Waals surface area contributed by atoms with Crippen LogP contribution in [-0.4, -0.2) is 63.0 Å². The SMILES string of the molecule is Cc1noc(C)c1S(=O)(=O)NCCOc1cc(N2CCOCC2)ncn1. The number of sulfonamides is 1. The number of nitrogens with zero attached hydrogens (tertiary/aromatic N) is 4. The molecule has 26 heavy (non-hydrogen) atoms. The van der Waals surface area contributed by atoms with Crippen LogP contribution >= 0.6 is 0 Å². The Kier molecular flexibility index (Phi) is 5.69. The van der Waals surface area contributed by atoms with Gasteiger partial charge in [0, 0.05) is 25.7 Å². The number of morpholine rings is 1. The predicted octanol–water partition coefficient (Wildman–Crippen LogP) is 0.275. The Morgan fingerprint density at radius 3 is 2.73 bits per heavy atom. The fourth-order valence-corrected chi connectivity index (χ4v) is 3.97. The molecule has 1 N–H and O–H groups in total. The van der Waals surface area contributed by atoms with Crippen molar-refractivity contribution in [2.24, 2.45) is 0 Å². The van der Waals surface area contributed by atoms with E-state index in [1.165, 1.54) is 6.33 Å². The molecule has 1 aliphatic heterocycles. The van der Waals surface area contributed by atoms with Crippen molar-refractivity contribution in [1.82, 2.24) is 19.8 Å². The van der Waals surface area contributed by atoms with Crippen molar-refractivity contribution < 1.29 is 22.4 Å². The first kappa shape index (κ1) is 18.5. The van der Waals surface area contributed by atoms with E-state index in [0.717, 1.165) is 18.9 Å². The molecule has 2 aromatic heterocycles. The van der Waals surface area contributed by atoms with Crippen LogP contribution in [-0.2, 0) is 14.8 Å². The highest BCUT2D eigenvalue weighted by Gasteiger charge is 2.23. The van der Waals surface area contributed by atoms with Crippen molar-refractivity contribution in [2.45, 2.75) is 18.7 Å². The second kappa shape index (κ2) is 7.98. The summed E-state index contributed by atoms with van der Waals surface area (Å²) in [6.45, 7) is 6.18. The first-order valence-electron chi connectivity index (χ1n) is 8.17. The third kappa shape index (κ3) is 4.29. The molecule has 1 saturated heterocycles. The zero-order valence-electron chi connectivity index (χ0n) is 14.6. The Morgan fingerprint density at radius 1 is 1.27 bits per heavy atom. The number of anilines is 1. The summed E-state index contributed by atoms with van der Waals surface area (Å²) in [4.78, 5) is 10.4. The monoisotopic (exact) mass is 383 g/mol. The second-order valence-electron chi connectivity index (χ2n) is 5.71. The molecular weight excluding hydrogens is 362 g/mol. The number of hydrogen-bond donors (Lipinski definition) is 1. The average Bonchev–Trinajstić information content (AvgIpc) is 2.99. The minimum Gasteiger partial charge on any atom is -0.476 e. The van der Waals surface area contributed by atoms with Gasteiger partial charge < -0.3 is 18.9 Å². The molecule has 1 aliphatic rings. The maximum Gasteiger partial charge on any atom is 0.246 e. The van der Waals surface area contributed by atoms with Gasteiger partial charge in [-0.15, -0.1) is 0 Å². The molecule has 0 spiro atoms. The maximum atomic E-state index is 12.3. The zero-order chi connectivity index (χ0) is 18.6. The van der Waals surface area contributed by atoms with Gasteiger partial charge in [0.2, 0.25) is 15.9 Å². The van der Waals surface area contributed by atoms with Gasteiger partial charge in [-0.05, 0) is 13.8 Å². The lowest BCUT2D eigenvalue weighted by Crippen LogP contribution is -2.36. The van der Waals surface area contributed by atoms with E-state index in [0.29, 0.717) is 24.8 Å². The van der Waals surface area contributed by atoms with Crippen LogP contribution in [0.25, 0.3) is 0 Å². The molecule has 2 aromatic rings. The van der Waals surface area contributed by atoms with Gasteiger partial charge >= 0.3 is 0 Å². The maximum absolute atomic E-state index is 12.3. The number of aryl methyl sites for hydroxylation is 2. The Balaban J connectivity index is 1.54. The molecule has 0 unspecified atom stereocenters. The molecule has 10 nitrogen and oxygen atoms in total. The lowest BCUT2D eigenvalue weighted by Gasteiger charge is -2.27. The summed E-state index contributed by atoms with van der Waals surface area (Å²) in [5.74, 6) is 1.40. The fourth-order valence-electron chi connectivity index (χ4n) is 2.64. The molecule has 0 radical (unpaired) electrons. The Hall–Kier alpha value is -2.24. The fraction of sp³-hybridized carbons (Fsp3) is 0.533. The van der Waals surface area contributed by atoms with Crippen LogP contribution in [0.15, 0.2) is 21.8 Å². The van der Waals surface area contributed by atoms with E-state index >= 15 is 0 Å². The first-order valence-corrected chi connectivity index (χ1v) is 9.66. The van der Waals surface area contributed by atoms with E-state index in [2.05, 4.69) is 24.7 Å². The van der Waals surface area contributed by atoms with Crippen LogP contribution in [0.5, 0.6) is 5.88 Å². The topological polar surface area (TPSA) is 120 Å². The standard InChI is InChI=1S/C15H21N5O5S/c1-11-15(12(2)25-19-11)26(21,22)18-3-6-24-14-9-13(16-10-17-14)20-4-7-23-8-5-20/h9-10,18H,3-8H2,1-2H3. The van der Waals surface area contributed by atoms with Crippen LogP contribution in [0, 0.1) is 13.8 Å². The highest BCUT2D eigenvalue weighted by atomic mass is 32.2. The number of rotatable bonds is 7. The van der Waals surface area contributed by atoms with Gasteiger partial charge in [0.25, 0.3) is 0 Å². The summed E-state index contributed by atoms with van der Waals surface area (Å²) < 4.78 is 42.8. The molecule has 3 heterocycles. The molecule has 0 aliphatic carbocycles. The molecule has 0 aromatic carbocycles. The summed E-state index contributed by atoms with van der Waals surface area (Å²) in [5, 5.41) is 3.66. The Bertz CT molecular complexity index is 828. The van der Waals surface area contributed by atoms with Gasteiger partial charge in [0.05, 0.1) is 13.2 Å². The van der Waals surface area contributed by atoms with Gasteiger partial charge in [-0.1, -0.05) is 5.16 Å². The molecule has 11 heteroatoms. The largest absolute Gasteiger partial charge is 0.476 e. The smallest absolute Gasteiger partial charge is 0.246 e. The van der Waals surface area contributed by atoms with Crippen molar-refractivity contribution in [1.29, 1.82) is 0 Å².